The van der Waals surface area contributed by atoms with Crippen molar-refractivity contribution in [3.8, 4) is 0 Å². The van der Waals surface area contributed by atoms with Crippen LogP contribution >= 0.6 is 11.3 Å². The smallest absolute Gasteiger partial charge is 0.418 e. The number of halogens is 4. The van der Waals surface area contributed by atoms with Crippen molar-refractivity contribution in [2.75, 3.05) is 0 Å². The fourth-order valence-corrected chi connectivity index (χ4v) is 1.79. The van der Waals surface area contributed by atoms with Crippen molar-refractivity contribution in [2.45, 2.75) is 26.8 Å². The average Bonchev–Trinajstić information content (AvgIpc) is 2.30. The van der Waals surface area contributed by atoms with E-state index in [1.807, 2.05) is 0 Å². The van der Waals surface area contributed by atoms with E-state index >= 15 is 0 Å². The van der Waals surface area contributed by atoms with Gasteiger partial charge in [0.15, 0.2) is 11.7 Å². The van der Waals surface area contributed by atoms with Gasteiger partial charge in [-0.25, -0.2) is 0 Å². The maximum Gasteiger partial charge on any atom is 0.673 e. The summed E-state index contributed by atoms with van der Waals surface area (Å²) in [6.07, 6.45) is 0. The molecule has 0 aliphatic carbocycles. The van der Waals surface area contributed by atoms with Crippen molar-refractivity contribution in [1.29, 1.82) is 0 Å². The third kappa shape index (κ3) is 6.88. The van der Waals surface area contributed by atoms with Crippen LogP contribution in [0.5, 0.6) is 0 Å². The Kier molecular flexibility index (Phi) is 5.11. The average molecular weight is 229 g/mol. The summed E-state index contributed by atoms with van der Waals surface area (Å²) in [6, 6.07) is 0.608. The summed E-state index contributed by atoms with van der Waals surface area (Å²) < 4.78 is 41.3. The van der Waals surface area contributed by atoms with Crippen LogP contribution in [0.25, 0.3) is 0 Å². The molecular weight excluding hydrogens is 217 g/mol. The highest BCUT2D eigenvalue weighted by Gasteiger charge is 2.20. The first kappa shape index (κ1) is 13.4. The van der Waals surface area contributed by atoms with Crippen LogP contribution in [0.1, 0.15) is 25.6 Å². The molecule has 0 atom stereocenters. The van der Waals surface area contributed by atoms with Gasteiger partial charge in [0.05, 0.1) is 5.38 Å². The Morgan fingerprint density at radius 3 is 1.86 bits per heavy atom. The Balaban J connectivity index is 0.000000292. The molecule has 7 heteroatoms. The summed E-state index contributed by atoms with van der Waals surface area (Å²) >= 11 is 1.76. The molecule has 0 bridgehead atoms. The molecule has 1 aromatic heterocycles. The van der Waals surface area contributed by atoms with Gasteiger partial charge in [-0.05, 0) is 13.8 Å². The summed E-state index contributed by atoms with van der Waals surface area (Å²) in [5.74, 6) is 0. The molecule has 0 aromatic carbocycles. The zero-order valence-electron chi connectivity index (χ0n) is 8.18. The SMILES string of the molecule is Cc1csc[n+]1C(C)C.F[B-](F)(F)F. The largest absolute Gasteiger partial charge is 0.673 e. The predicted octanol–water partition coefficient (Wildman–Crippen LogP) is 3.22. The van der Waals surface area contributed by atoms with E-state index in [9.17, 15) is 17.3 Å². The summed E-state index contributed by atoms with van der Waals surface area (Å²) in [7, 11) is -6.00. The van der Waals surface area contributed by atoms with Gasteiger partial charge in [0, 0.05) is 6.92 Å². The van der Waals surface area contributed by atoms with E-state index in [0.717, 1.165) is 0 Å². The van der Waals surface area contributed by atoms with E-state index in [-0.39, 0.29) is 0 Å². The lowest BCUT2D eigenvalue weighted by Gasteiger charge is -1.95. The Labute approximate surface area is 84.5 Å². The number of aromatic nitrogens is 1. The molecule has 0 aliphatic rings. The quantitative estimate of drug-likeness (QED) is 0.395. The highest BCUT2D eigenvalue weighted by molar-refractivity contribution is 7.07. The van der Waals surface area contributed by atoms with Crippen LogP contribution in [0.4, 0.5) is 17.3 Å². The van der Waals surface area contributed by atoms with Crippen molar-refractivity contribution in [3.63, 3.8) is 0 Å². The van der Waals surface area contributed by atoms with Gasteiger partial charge in [-0.15, -0.1) is 0 Å². The first-order chi connectivity index (χ1) is 6.22. The second kappa shape index (κ2) is 5.33. The van der Waals surface area contributed by atoms with Gasteiger partial charge in [0.2, 0.25) is 5.51 Å². The molecule has 0 aliphatic heterocycles. The molecule has 0 saturated heterocycles. The molecule has 1 rings (SSSR count). The normalized spacial score (nSPS) is 11.1. The van der Waals surface area contributed by atoms with E-state index in [1.165, 1.54) is 5.69 Å². The Bertz CT molecular complexity index is 265. The highest BCUT2D eigenvalue weighted by atomic mass is 32.1. The second-order valence-electron chi connectivity index (χ2n) is 3.00. The fourth-order valence-electron chi connectivity index (χ4n) is 0.867. The van der Waals surface area contributed by atoms with E-state index in [1.54, 1.807) is 11.3 Å². The van der Waals surface area contributed by atoms with Crippen LogP contribution in [0.15, 0.2) is 10.9 Å². The lowest BCUT2D eigenvalue weighted by Crippen LogP contribution is -2.36. The van der Waals surface area contributed by atoms with Crippen LogP contribution in [-0.2, 0) is 0 Å². The van der Waals surface area contributed by atoms with Gasteiger partial charge < -0.3 is 17.3 Å². The molecule has 0 spiro atoms. The van der Waals surface area contributed by atoms with Gasteiger partial charge in [0.1, 0.15) is 0 Å². The van der Waals surface area contributed by atoms with Crippen LogP contribution in [0.3, 0.4) is 0 Å². The molecule has 82 valence electrons. The van der Waals surface area contributed by atoms with E-state index < -0.39 is 7.25 Å². The number of rotatable bonds is 1. The maximum absolute atomic E-state index is 9.75. The monoisotopic (exact) mass is 229 g/mol. The number of thiazole rings is 1. The molecule has 0 radical (unpaired) electrons. The van der Waals surface area contributed by atoms with Crippen molar-refractivity contribution in [3.05, 3.63) is 16.6 Å². The lowest BCUT2D eigenvalue weighted by molar-refractivity contribution is -0.717. The minimum absolute atomic E-state index is 0.608. The van der Waals surface area contributed by atoms with E-state index in [4.69, 9.17) is 0 Å². The third-order valence-electron chi connectivity index (χ3n) is 1.38. The molecule has 1 heterocycles. The minimum Gasteiger partial charge on any atom is -0.418 e. The van der Waals surface area contributed by atoms with Gasteiger partial charge in [-0.2, -0.15) is 4.57 Å². The topological polar surface area (TPSA) is 3.88 Å². The maximum atomic E-state index is 9.75. The first-order valence-corrected chi connectivity index (χ1v) is 4.97. The van der Waals surface area contributed by atoms with E-state index in [2.05, 4.69) is 36.2 Å². The van der Waals surface area contributed by atoms with Crippen LogP contribution in [0, 0.1) is 6.92 Å². The molecule has 0 N–H and O–H groups in total. The Morgan fingerprint density at radius 2 is 1.71 bits per heavy atom. The lowest BCUT2D eigenvalue weighted by atomic mass is 10.3. The number of nitrogens with zero attached hydrogens (tertiary/aromatic N) is 1. The molecule has 0 fully saturated rings. The van der Waals surface area contributed by atoms with Gasteiger partial charge in [-0.3, -0.25) is 0 Å². The first-order valence-electron chi connectivity index (χ1n) is 4.03. The predicted molar refractivity (Wildman–Crippen MR) is 49.8 cm³/mol. The third-order valence-corrected chi connectivity index (χ3v) is 2.20. The summed E-state index contributed by atoms with van der Waals surface area (Å²) in [5.41, 5.74) is 3.51. The zero-order chi connectivity index (χ0) is 11.4. The summed E-state index contributed by atoms with van der Waals surface area (Å²) in [6.45, 7) is 6.52. The molecule has 14 heavy (non-hydrogen) atoms. The number of hydrogen-bond donors (Lipinski definition) is 0. The Hall–Kier alpha value is -0.585. The molecule has 0 amide bonds. The second-order valence-corrected chi connectivity index (χ2v) is 3.72. The minimum atomic E-state index is -6.00. The zero-order valence-corrected chi connectivity index (χ0v) is 8.99. The van der Waals surface area contributed by atoms with Crippen LogP contribution in [-0.4, -0.2) is 7.25 Å². The van der Waals surface area contributed by atoms with Crippen molar-refractivity contribution >= 4 is 18.6 Å². The van der Waals surface area contributed by atoms with Crippen molar-refractivity contribution in [1.82, 2.24) is 0 Å². The molecule has 1 nitrogen and oxygen atoms in total. The number of aryl methyl sites for hydroxylation is 1. The van der Waals surface area contributed by atoms with Crippen molar-refractivity contribution in [2.24, 2.45) is 0 Å². The number of hydrogen-bond acceptors (Lipinski definition) is 1. The highest BCUT2D eigenvalue weighted by Crippen LogP contribution is 2.06. The fraction of sp³-hybridized carbons (Fsp3) is 0.571. The summed E-state index contributed by atoms with van der Waals surface area (Å²) in [4.78, 5) is 0. The van der Waals surface area contributed by atoms with Crippen molar-refractivity contribution < 1.29 is 21.8 Å². The van der Waals surface area contributed by atoms with Crippen LogP contribution < -0.4 is 4.57 Å². The molecule has 0 unspecified atom stereocenters. The van der Waals surface area contributed by atoms with Gasteiger partial charge in [-0.1, -0.05) is 11.3 Å². The van der Waals surface area contributed by atoms with Gasteiger partial charge in [0.25, 0.3) is 0 Å². The van der Waals surface area contributed by atoms with Gasteiger partial charge >= 0.3 is 7.25 Å². The molecule has 0 saturated carbocycles. The van der Waals surface area contributed by atoms with Crippen LogP contribution in [0.2, 0.25) is 0 Å². The molecular formula is C7H12BF4NS. The summed E-state index contributed by atoms with van der Waals surface area (Å²) in [5, 5.41) is 2.17. The Morgan fingerprint density at radius 1 is 1.29 bits per heavy atom. The molecule has 1 aromatic rings. The standard InChI is InChI=1S/C7H12NS.BF4/c1-6(2)8-5-9-4-7(8)3;2-1(3,4)5/h4-6H,1-3H3;/q+1;-1. The van der Waals surface area contributed by atoms with E-state index in [0.29, 0.717) is 6.04 Å².